The first kappa shape index (κ1) is 12.5. The fourth-order valence-electron chi connectivity index (χ4n) is 3.23. The fourth-order valence-corrected chi connectivity index (χ4v) is 3.23. The highest BCUT2D eigenvalue weighted by molar-refractivity contribution is 5.86. The van der Waals surface area contributed by atoms with Crippen molar-refractivity contribution in [2.24, 2.45) is 18.7 Å². The summed E-state index contributed by atoms with van der Waals surface area (Å²) in [7, 11) is 3.81. The molecule has 1 aromatic heterocycles. The van der Waals surface area contributed by atoms with Crippen LogP contribution in [0.4, 0.5) is 0 Å². The Balaban J connectivity index is 2.07. The molecule has 1 heterocycles. The van der Waals surface area contributed by atoms with Crippen LogP contribution in [0.1, 0.15) is 30.7 Å². The molecule has 2 N–H and O–H groups in total. The Morgan fingerprint density at radius 1 is 1.42 bits per heavy atom. The van der Waals surface area contributed by atoms with E-state index in [9.17, 15) is 0 Å². The van der Waals surface area contributed by atoms with Gasteiger partial charge in [0.25, 0.3) is 0 Å². The van der Waals surface area contributed by atoms with Crippen LogP contribution in [-0.2, 0) is 7.05 Å². The van der Waals surface area contributed by atoms with Gasteiger partial charge in [0.05, 0.1) is 12.6 Å². The molecule has 3 heteroatoms. The summed E-state index contributed by atoms with van der Waals surface area (Å²) < 4.78 is 7.50. The van der Waals surface area contributed by atoms with Crippen LogP contribution in [0, 0.1) is 5.92 Å². The average molecular weight is 258 g/mol. The van der Waals surface area contributed by atoms with E-state index in [1.54, 1.807) is 7.11 Å². The zero-order chi connectivity index (χ0) is 13.4. The monoisotopic (exact) mass is 258 g/mol. The third-order valence-corrected chi connectivity index (χ3v) is 4.60. The Hall–Kier alpha value is -1.48. The smallest absolute Gasteiger partial charge is 0.120 e. The van der Waals surface area contributed by atoms with Crippen LogP contribution < -0.4 is 10.5 Å². The summed E-state index contributed by atoms with van der Waals surface area (Å²) in [5, 5.41) is 1.32. The minimum Gasteiger partial charge on any atom is -0.497 e. The number of aromatic nitrogens is 1. The normalized spacial score (nSPS) is 17.4. The number of rotatable bonds is 4. The van der Waals surface area contributed by atoms with Crippen molar-refractivity contribution in [1.29, 1.82) is 0 Å². The second-order valence-electron chi connectivity index (χ2n) is 5.61. The van der Waals surface area contributed by atoms with Crippen LogP contribution in [0.15, 0.2) is 24.4 Å². The molecular weight excluding hydrogens is 236 g/mol. The molecule has 1 unspecified atom stereocenters. The highest BCUT2D eigenvalue weighted by atomic mass is 16.5. The third-order valence-electron chi connectivity index (χ3n) is 4.60. The van der Waals surface area contributed by atoms with Crippen molar-refractivity contribution in [3.05, 3.63) is 30.0 Å². The van der Waals surface area contributed by atoms with Gasteiger partial charge in [-0.15, -0.1) is 0 Å². The maximum absolute atomic E-state index is 6.04. The Morgan fingerprint density at radius 3 is 2.79 bits per heavy atom. The molecule has 1 aliphatic rings. The number of ether oxygens (including phenoxy) is 1. The average Bonchev–Trinajstić information content (AvgIpc) is 2.70. The summed E-state index contributed by atoms with van der Waals surface area (Å²) in [6.45, 7) is 0.746. The molecule has 2 aromatic rings. The van der Waals surface area contributed by atoms with Gasteiger partial charge < -0.3 is 15.0 Å². The molecule has 1 aliphatic carbocycles. The zero-order valence-electron chi connectivity index (χ0n) is 11.7. The molecule has 0 aliphatic heterocycles. The maximum Gasteiger partial charge on any atom is 0.120 e. The SMILES string of the molecule is COc1ccc2c(C(CN)C3CCC3)cn(C)c2c1. The molecule has 3 nitrogen and oxygen atoms in total. The van der Waals surface area contributed by atoms with Gasteiger partial charge >= 0.3 is 0 Å². The standard InChI is InChI=1S/C16H22N2O/c1-18-10-15(14(9-17)11-4-3-5-11)13-7-6-12(19-2)8-16(13)18/h6-8,10-11,14H,3-5,9,17H2,1-2H3. The van der Waals surface area contributed by atoms with E-state index in [0.717, 1.165) is 18.2 Å². The lowest BCUT2D eigenvalue weighted by Crippen LogP contribution is -2.26. The summed E-state index contributed by atoms with van der Waals surface area (Å²) in [5.74, 6) is 2.19. The van der Waals surface area contributed by atoms with Crippen LogP contribution in [-0.4, -0.2) is 18.2 Å². The zero-order valence-corrected chi connectivity index (χ0v) is 11.7. The Labute approximate surface area is 114 Å². The number of hydrogen-bond acceptors (Lipinski definition) is 2. The molecule has 0 amide bonds. The van der Waals surface area contributed by atoms with Crippen LogP contribution in [0.2, 0.25) is 0 Å². The molecule has 0 radical (unpaired) electrons. The van der Waals surface area contributed by atoms with Crippen molar-refractivity contribution in [2.45, 2.75) is 25.2 Å². The number of benzene rings is 1. The van der Waals surface area contributed by atoms with Crippen molar-refractivity contribution in [3.63, 3.8) is 0 Å². The van der Waals surface area contributed by atoms with Crippen LogP contribution in [0.25, 0.3) is 10.9 Å². The number of nitrogens with zero attached hydrogens (tertiary/aromatic N) is 1. The second kappa shape index (κ2) is 4.89. The first-order valence-electron chi connectivity index (χ1n) is 7.07. The molecule has 1 atom stereocenters. The van der Waals surface area contributed by atoms with Gasteiger partial charge in [0.1, 0.15) is 5.75 Å². The molecule has 1 aromatic carbocycles. The first-order valence-corrected chi connectivity index (χ1v) is 7.07. The summed E-state index contributed by atoms with van der Waals surface area (Å²) in [5.41, 5.74) is 8.68. The predicted molar refractivity (Wildman–Crippen MR) is 78.6 cm³/mol. The Kier molecular flexibility index (Phi) is 3.23. The van der Waals surface area contributed by atoms with Crippen molar-refractivity contribution < 1.29 is 4.74 Å². The topological polar surface area (TPSA) is 40.2 Å². The molecule has 3 rings (SSSR count). The largest absolute Gasteiger partial charge is 0.497 e. The lowest BCUT2D eigenvalue weighted by Gasteiger charge is -2.33. The van der Waals surface area contributed by atoms with Crippen molar-refractivity contribution in [2.75, 3.05) is 13.7 Å². The van der Waals surface area contributed by atoms with Gasteiger partial charge in [-0.3, -0.25) is 0 Å². The van der Waals surface area contributed by atoms with Crippen molar-refractivity contribution in [3.8, 4) is 5.75 Å². The van der Waals surface area contributed by atoms with Crippen LogP contribution >= 0.6 is 0 Å². The molecule has 1 saturated carbocycles. The van der Waals surface area contributed by atoms with Gasteiger partial charge in [0, 0.05) is 30.6 Å². The number of hydrogen-bond donors (Lipinski definition) is 1. The lowest BCUT2D eigenvalue weighted by molar-refractivity contribution is 0.265. The van der Waals surface area contributed by atoms with E-state index in [0.29, 0.717) is 5.92 Å². The first-order chi connectivity index (χ1) is 9.24. The molecular formula is C16H22N2O. The van der Waals surface area contributed by atoms with Gasteiger partial charge in [-0.1, -0.05) is 6.42 Å². The van der Waals surface area contributed by atoms with Gasteiger partial charge in [-0.2, -0.15) is 0 Å². The molecule has 1 fully saturated rings. The van der Waals surface area contributed by atoms with E-state index >= 15 is 0 Å². The molecule has 0 saturated heterocycles. The van der Waals surface area contributed by atoms with Gasteiger partial charge in [-0.05, 0) is 43.0 Å². The number of aryl methyl sites for hydroxylation is 1. The van der Waals surface area contributed by atoms with Crippen molar-refractivity contribution in [1.82, 2.24) is 4.57 Å². The van der Waals surface area contributed by atoms with E-state index in [4.69, 9.17) is 10.5 Å². The molecule has 102 valence electrons. The van der Waals surface area contributed by atoms with E-state index in [2.05, 4.69) is 29.9 Å². The van der Waals surface area contributed by atoms with Crippen molar-refractivity contribution >= 4 is 10.9 Å². The lowest BCUT2D eigenvalue weighted by atomic mass is 9.73. The summed E-state index contributed by atoms with van der Waals surface area (Å²) in [6, 6.07) is 6.32. The minimum atomic E-state index is 0.505. The molecule has 19 heavy (non-hydrogen) atoms. The Morgan fingerprint density at radius 2 is 2.21 bits per heavy atom. The Bertz CT molecular complexity index is 584. The number of fused-ring (bicyclic) bond motifs is 1. The molecule has 0 bridgehead atoms. The highest BCUT2D eigenvalue weighted by Gasteiger charge is 2.29. The van der Waals surface area contributed by atoms with Gasteiger partial charge in [0.2, 0.25) is 0 Å². The predicted octanol–water partition coefficient (Wildman–Crippen LogP) is 3.03. The van der Waals surface area contributed by atoms with E-state index in [-0.39, 0.29) is 0 Å². The van der Waals surface area contributed by atoms with Crippen LogP contribution in [0.5, 0.6) is 5.75 Å². The highest BCUT2D eigenvalue weighted by Crippen LogP contribution is 2.41. The third kappa shape index (κ3) is 2.02. The summed E-state index contributed by atoms with van der Waals surface area (Å²) in [4.78, 5) is 0. The van der Waals surface area contributed by atoms with Gasteiger partial charge in [-0.25, -0.2) is 0 Å². The van der Waals surface area contributed by atoms with E-state index in [1.807, 2.05) is 6.07 Å². The number of methoxy groups -OCH3 is 1. The summed E-state index contributed by atoms with van der Waals surface area (Å²) in [6.07, 6.45) is 6.27. The summed E-state index contributed by atoms with van der Waals surface area (Å²) >= 11 is 0. The van der Waals surface area contributed by atoms with Crippen LogP contribution in [0.3, 0.4) is 0 Å². The fraction of sp³-hybridized carbons (Fsp3) is 0.500. The van der Waals surface area contributed by atoms with E-state index in [1.165, 1.54) is 35.7 Å². The quantitative estimate of drug-likeness (QED) is 0.915. The van der Waals surface area contributed by atoms with Gasteiger partial charge in [0.15, 0.2) is 0 Å². The maximum atomic E-state index is 6.04. The minimum absolute atomic E-state index is 0.505. The number of nitrogens with two attached hydrogens (primary N) is 1. The molecule has 0 spiro atoms. The second-order valence-corrected chi connectivity index (χ2v) is 5.61. The van der Waals surface area contributed by atoms with E-state index < -0.39 is 0 Å².